The van der Waals surface area contributed by atoms with E-state index >= 15 is 0 Å². The van der Waals surface area contributed by atoms with Gasteiger partial charge in [0.25, 0.3) is 0 Å². The lowest BCUT2D eigenvalue weighted by Crippen LogP contribution is -2.51. The Morgan fingerprint density at radius 3 is 2.52 bits per heavy atom. The van der Waals surface area contributed by atoms with Crippen molar-refractivity contribution in [2.45, 2.75) is 6.10 Å². The van der Waals surface area contributed by atoms with Crippen LogP contribution in [0.15, 0.2) is 48.8 Å². The lowest BCUT2D eigenvalue weighted by molar-refractivity contribution is 0.141. The average molecular weight is 278 g/mol. The molecule has 1 aliphatic rings. The van der Waals surface area contributed by atoms with Crippen molar-refractivity contribution in [2.24, 2.45) is 0 Å². The van der Waals surface area contributed by atoms with Crippen molar-refractivity contribution in [3.63, 3.8) is 0 Å². The molecule has 1 saturated heterocycles. The fraction of sp³-hybridized carbons (Fsp3) is 0.188. The SMILES string of the molecule is OC1CN(c2nc(-c3ccncc3)nc3ccccc23)C1. The van der Waals surface area contributed by atoms with Gasteiger partial charge in [0.1, 0.15) is 5.82 Å². The average Bonchev–Trinajstić information content (AvgIpc) is 2.52. The number of fused-ring (bicyclic) bond motifs is 1. The number of pyridine rings is 1. The van der Waals surface area contributed by atoms with Gasteiger partial charge >= 0.3 is 0 Å². The third-order valence-electron chi connectivity index (χ3n) is 3.68. The molecule has 1 fully saturated rings. The number of para-hydroxylation sites is 1. The van der Waals surface area contributed by atoms with E-state index in [0.29, 0.717) is 18.9 Å². The van der Waals surface area contributed by atoms with Gasteiger partial charge in [-0.15, -0.1) is 0 Å². The van der Waals surface area contributed by atoms with E-state index in [-0.39, 0.29) is 6.10 Å². The van der Waals surface area contributed by atoms with E-state index < -0.39 is 0 Å². The molecule has 0 atom stereocenters. The molecule has 1 aliphatic heterocycles. The molecule has 0 amide bonds. The van der Waals surface area contributed by atoms with Crippen LogP contribution in [-0.2, 0) is 0 Å². The molecule has 5 nitrogen and oxygen atoms in total. The molecule has 0 saturated carbocycles. The molecule has 0 bridgehead atoms. The first kappa shape index (κ1) is 12.2. The van der Waals surface area contributed by atoms with Crippen LogP contribution in [0.4, 0.5) is 5.82 Å². The number of benzene rings is 1. The van der Waals surface area contributed by atoms with Crippen LogP contribution in [0.5, 0.6) is 0 Å². The zero-order valence-electron chi connectivity index (χ0n) is 11.3. The molecule has 2 aromatic heterocycles. The van der Waals surface area contributed by atoms with Crippen LogP contribution in [0.2, 0.25) is 0 Å². The summed E-state index contributed by atoms with van der Waals surface area (Å²) in [5.41, 5.74) is 1.86. The van der Waals surface area contributed by atoms with Crippen molar-refractivity contribution in [3.05, 3.63) is 48.8 Å². The number of hydrogen-bond donors (Lipinski definition) is 1. The Balaban J connectivity index is 1.90. The number of aromatic nitrogens is 3. The maximum atomic E-state index is 9.54. The van der Waals surface area contributed by atoms with Crippen molar-refractivity contribution in [3.8, 4) is 11.4 Å². The molecule has 0 aliphatic carbocycles. The minimum atomic E-state index is -0.261. The Kier molecular flexibility index (Phi) is 2.79. The van der Waals surface area contributed by atoms with E-state index in [9.17, 15) is 5.11 Å². The first-order valence-corrected chi connectivity index (χ1v) is 6.91. The van der Waals surface area contributed by atoms with E-state index in [2.05, 4.69) is 14.9 Å². The van der Waals surface area contributed by atoms with Crippen LogP contribution in [0, 0.1) is 0 Å². The van der Waals surface area contributed by atoms with Gasteiger partial charge in [-0.25, -0.2) is 9.97 Å². The molecule has 1 aromatic carbocycles. The summed E-state index contributed by atoms with van der Waals surface area (Å²) in [6, 6.07) is 11.8. The van der Waals surface area contributed by atoms with E-state index in [1.165, 1.54) is 0 Å². The summed E-state index contributed by atoms with van der Waals surface area (Å²) in [7, 11) is 0. The van der Waals surface area contributed by atoms with E-state index in [1.54, 1.807) is 12.4 Å². The third-order valence-corrected chi connectivity index (χ3v) is 3.68. The Hall–Kier alpha value is -2.53. The zero-order chi connectivity index (χ0) is 14.2. The second kappa shape index (κ2) is 4.79. The number of aliphatic hydroxyl groups is 1. The minimum absolute atomic E-state index is 0.261. The van der Waals surface area contributed by atoms with Gasteiger partial charge < -0.3 is 10.0 Å². The normalized spacial score (nSPS) is 15.2. The van der Waals surface area contributed by atoms with Crippen LogP contribution < -0.4 is 4.90 Å². The highest BCUT2D eigenvalue weighted by molar-refractivity contribution is 5.91. The smallest absolute Gasteiger partial charge is 0.162 e. The van der Waals surface area contributed by atoms with Crippen molar-refractivity contribution >= 4 is 16.7 Å². The van der Waals surface area contributed by atoms with Crippen LogP contribution in [0.25, 0.3) is 22.3 Å². The molecule has 3 heterocycles. The van der Waals surface area contributed by atoms with Gasteiger partial charge in [0.15, 0.2) is 5.82 Å². The molecule has 21 heavy (non-hydrogen) atoms. The van der Waals surface area contributed by atoms with E-state index in [0.717, 1.165) is 22.3 Å². The van der Waals surface area contributed by atoms with Gasteiger partial charge in [-0.2, -0.15) is 0 Å². The van der Waals surface area contributed by atoms with E-state index in [4.69, 9.17) is 4.98 Å². The van der Waals surface area contributed by atoms with Gasteiger partial charge in [-0.3, -0.25) is 4.98 Å². The lowest BCUT2D eigenvalue weighted by atomic mass is 10.1. The van der Waals surface area contributed by atoms with Crippen LogP contribution in [0.3, 0.4) is 0 Å². The second-order valence-electron chi connectivity index (χ2n) is 5.18. The molecule has 104 valence electrons. The lowest BCUT2D eigenvalue weighted by Gasteiger charge is -2.37. The number of hydrogen-bond acceptors (Lipinski definition) is 5. The highest BCUT2D eigenvalue weighted by atomic mass is 16.3. The number of β-amino-alcohol motifs (C(OH)–C–C–N with tert-alkyl or cyclic N) is 1. The maximum absolute atomic E-state index is 9.54. The molecule has 1 N–H and O–H groups in total. The van der Waals surface area contributed by atoms with Gasteiger partial charge in [-0.1, -0.05) is 12.1 Å². The number of anilines is 1. The number of rotatable bonds is 2. The molecule has 3 aromatic rings. The Bertz CT molecular complexity index is 785. The van der Waals surface area contributed by atoms with Crippen molar-refractivity contribution in [1.82, 2.24) is 15.0 Å². The summed E-state index contributed by atoms with van der Waals surface area (Å²) >= 11 is 0. The van der Waals surface area contributed by atoms with Gasteiger partial charge in [0, 0.05) is 36.4 Å². The summed E-state index contributed by atoms with van der Waals surface area (Å²) in [5.74, 6) is 1.57. The van der Waals surface area contributed by atoms with Gasteiger partial charge in [0.05, 0.1) is 11.6 Å². The number of nitrogens with zero attached hydrogens (tertiary/aromatic N) is 4. The van der Waals surface area contributed by atoms with Crippen LogP contribution in [-0.4, -0.2) is 39.3 Å². The summed E-state index contributed by atoms with van der Waals surface area (Å²) < 4.78 is 0. The summed E-state index contributed by atoms with van der Waals surface area (Å²) in [5, 5.41) is 10.6. The monoisotopic (exact) mass is 278 g/mol. The summed E-state index contributed by atoms with van der Waals surface area (Å²) in [6.45, 7) is 1.24. The quantitative estimate of drug-likeness (QED) is 0.775. The molecule has 4 rings (SSSR count). The number of aliphatic hydroxyl groups excluding tert-OH is 1. The molecule has 5 heteroatoms. The van der Waals surface area contributed by atoms with Crippen LogP contribution in [0.1, 0.15) is 0 Å². The molecular formula is C16H14N4O. The van der Waals surface area contributed by atoms with E-state index in [1.807, 2.05) is 36.4 Å². The van der Waals surface area contributed by atoms with Crippen molar-refractivity contribution in [1.29, 1.82) is 0 Å². The molecular weight excluding hydrogens is 264 g/mol. The highest BCUT2D eigenvalue weighted by Gasteiger charge is 2.27. The Labute approximate surface area is 121 Å². The topological polar surface area (TPSA) is 62.1 Å². The highest BCUT2D eigenvalue weighted by Crippen LogP contribution is 2.29. The van der Waals surface area contributed by atoms with Gasteiger partial charge in [-0.05, 0) is 24.3 Å². The first-order valence-electron chi connectivity index (χ1n) is 6.91. The zero-order valence-corrected chi connectivity index (χ0v) is 11.3. The van der Waals surface area contributed by atoms with Crippen molar-refractivity contribution < 1.29 is 5.11 Å². The fourth-order valence-corrected chi connectivity index (χ4v) is 2.56. The predicted octanol–water partition coefficient (Wildman–Crippen LogP) is 1.87. The summed E-state index contributed by atoms with van der Waals surface area (Å²) in [4.78, 5) is 15.5. The van der Waals surface area contributed by atoms with Gasteiger partial charge in [0.2, 0.25) is 0 Å². The van der Waals surface area contributed by atoms with Crippen LogP contribution >= 0.6 is 0 Å². The molecule has 0 unspecified atom stereocenters. The predicted molar refractivity (Wildman–Crippen MR) is 81.0 cm³/mol. The Morgan fingerprint density at radius 1 is 1.00 bits per heavy atom. The molecule has 0 spiro atoms. The maximum Gasteiger partial charge on any atom is 0.162 e. The summed E-state index contributed by atoms with van der Waals surface area (Å²) in [6.07, 6.45) is 3.21. The Morgan fingerprint density at radius 2 is 1.76 bits per heavy atom. The third kappa shape index (κ3) is 2.11. The largest absolute Gasteiger partial charge is 0.389 e. The fourth-order valence-electron chi connectivity index (χ4n) is 2.56. The van der Waals surface area contributed by atoms with Crippen molar-refractivity contribution in [2.75, 3.05) is 18.0 Å². The minimum Gasteiger partial charge on any atom is -0.389 e. The first-order chi connectivity index (χ1) is 10.3. The standard InChI is InChI=1S/C16H14N4O/c21-12-9-20(10-12)16-13-3-1-2-4-14(13)18-15(19-16)11-5-7-17-8-6-11/h1-8,12,21H,9-10H2. The molecule has 0 radical (unpaired) electrons. The second-order valence-corrected chi connectivity index (χ2v) is 5.18.